The van der Waals surface area contributed by atoms with E-state index in [4.69, 9.17) is 9.47 Å². The maximum absolute atomic E-state index is 11.2. The van der Waals surface area contributed by atoms with Gasteiger partial charge in [-0.2, -0.15) is 0 Å². The van der Waals surface area contributed by atoms with Gasteiger partial charge in [0.05, 0.1) is 30.5 Å². The zero-order valence-electron chi connectivity index (χ0n) is 20.4. The number of fused-ring (bicyclic) bond motifs is 7. The first kappa shape index (κ1) is 22.3. The lowest BCUT2D eigenvalue weighted by Crippen LogP contribution is -2.59. The summed E-state index contributed by atoms with van der Waals surface area (Å²) in [7, 11) is 0. The number of aliphatic hydroxyl groups excluding tert-OH is 2. The molecule has 3 N–H and O–H groups in total. The molecule has 2 aliphatic heterocycles. The fourth-order valence-corrected chi connectivity index (χ4v) is 10.3. The number of hydrogen-bond acceptors (Lipinski definition) is 5. The Balaban J connectivity index is 1.26. The predicted molar refractivity (Wildman–Crippen MR) is 121 cm³/mol. The highest BCUT2D eigenvalue weighted by atomic mass is 16.7. The molecule has 0 radical (unpaired) electrons. The maximum Gasteiger partial charge on any atom is 0.171 e. The molecule has 4 aliphatic carbocycles. The van der Waals surface area contributed by atoms with Gasteiger partial charge in [-0.05, 0) is 98.7 Å². The molecule has 5 nitrogen and oxygen atoms in total. The number of ether oxygens (including phenoxy) is 2. The predicted octanol–water partition coefficient (Wildman–Crippen LogP) is 3.88. The summed E-state index contributed by atoms with van der Waals surface area (Å²) < 4.78 is 13.1. The van der Waals surface area contributed by atoms with E-state index >= 15 is 0 Å². The van der Waals surface area contributed by atoms with Crippen LogP contribution in [-0.2, 0) is 9.47 Å². The second-order valence-corrected chi connectivity index (χ2v) is 13.5. The molecular weight excluding hydrogens is 404 g/mol. The molecule has 32 heavy (non-hydrogen) atoms. The van der Waals surface area contributed by atoms with E-state index in [0.717, 1.165) is 32.1 Å². The fourth-order valence-electron chi connectivity index (χ4n) is 10.3. The Kier molecular flexibility index (Phi) is 4.83. The van der Waals surface area contributed by atoms with Crippen molar-refractivity contribution in [2.24, 2.45) is 46.3 Å². The molecule has 6 aliphatic rings. The van der Waals surface area contributed by atoms with E-state index < -0.39 is 11.4 Å². The van der Waals surface area contributed by atoms with Crippen molar-refractivity contribution < 1.29 is 24.8 Å². The van der Waals surface area contributed by atoms with Crippen molar-refractivity contribution in [3.63, 3.8) is 0 Å². The third-order valence-electron chi connectivity index (χ3n) is 12.0. The van der Waals surface area contributed by atoms with Crippen LogP contribution in [0.15, 0.2) is 0 Å². The van der Waals surface area contributed by atoms with Gasteiger partial charge in [0.2, 0.25) is 0 Å². The third kappa shape index (κ3) is 2.81. The van der Waals surface area contributed by atoms with Gasteiger partial charge in [0.15, 0.2) is 5.79 Å². The van der Waals surface area contributed by atoms with Crippen LogP contribution < -0.4 is 0 Å². The molecule has 1 spiro atoms. The molecule has 2 saturated heterocycles. The average molecular weight is 449 g/mol. The summed E-state index contributed by atoms with van der Waals surface area (Å²) in [5, 5.41) is 31.9. The van der Waals surface area contributed by atoms with Gasteiger partial charge in [-0.25, -0.2) is 0 Å². The Morgan fingerprint density at radius 3 is 2.38 bits per heavy atom. The van der Waals surface area contributed by atoms with Gasteiger partial charge in [-0.3, -0.25) is 0 Å². The normalized spacial score (nSPS) is 64.0. The maximum atomic E-state index is 11.2. The van der Waals surface area contributed by atoms with E-state index in [0.29, 0.717) is 48.5 Å². The minimum Gasteiger partial charge on any atom is -0.393 e. The Bertz CT molecular complexity index is 757. The lowest BCUT2D eigenvalue weighted by Gasteiger charge is -2.62. The second kappa shape index (κ2) is 6.94. The number of hydrogen-bond donors (Lipinski definition) is 3. The zero-order valence-corrected chi connectivity index (χ0v) is 20.4. The lowest BCUT2D eigenvalue weighted by atomic mass is 9.43. The molecule has 0 amide bonds. The Morgan fingerprint density at radius 1 is 0.875 bits per heavy atom. The summed E-state index contributed by atoms with van der Waals surface area (Å²) in [4.78, 5) is 0. The van der Waals surface area contributed by atoms with E-state index in [1.54, 1.807) is 0 Å². The highest BCUT2D eigenvalue weighted by Crippen LogP contribution is 2.71. The summed E-state index contributed by atoms with van der Waals surface area (Å²) in [5.74, 6) is 2.67. The average Bonchev–Trinajstić information content (AvgIpc) is 3.17. The van der Waals surface area contributed by atoms with Crippen LogP contribution in [0.4, 0.5) is 0 Å². The van der Waals surface area contributed by atoms with E-state index in [-0.39, 0.29) is 29.1 Å². The first-order valence-corrected chi connectivity index (χ1v) is 13.4. The molecule has 0 aromatic heterocycles. The quantitative estimate of drug-likeness (QED) is 0.524. The highest BCUT2D eigenvalue weighted by molar-refractivity contribution is 5.16. The minimum absolute atomic E-state index is 0.0487. The summed E-state index contributed by atoms with van der Waals surface area (Å²) in [5.41, 5.74) is -0.521. The Hall–Kier alpha value is -0.200. The number of rotatable bonds is 0. The van der Waals surface area contributed by atoms with Gasteiger partial charge in [-0.15, -0.1) is 0 Å². The second-order valence-electron chi connectivity index (χ2n) is 13.5. The van der Waals surface area contributed by atoms with Crippen LogP contribution in [0.3, 0.4) is 0 Å². The first-order chi connectivity index (χ1) is 15.0. The first-order valence-electron chi connectivity index (χ1n) is 13.4. The molecule has 5 heteroatoms. The van der Waals surface area contributed by atoms with Gasteiger partial charge in [0, 0.05) is 12.3 Å². The topological polar surface area (TPSA) is 79.2 Å². The van der Waals surface area contributed by atoms with Gasteiger partial charge in [0.25, 0.3) is 0 Å². The Labute approximate surface area is 193 Å². The van der Waals surface area contributed by atoms with Crippen molar-refractivity contribution in [3.05, 3.63) is 0 Å². The molecule has 2 heterocycles. The molecular formula is C27H44O5. The van der Waals surface area contributed by atoms with Gasteiger partial charge in [0.1, 0.15) is 0 Å². The SMILES string of the molecule is C[C@H]1[C@H]2[C@H](C[C@H]3[C@@H]4CC[C@@H]5C[C@@H](O)C[C@@H](O)[C@]5(C)[C@H]4CC[C@]23C)O[C@]12CC[C@](C)(O)CO2. The molecule has 6 fully saturated rings. The van der Waals surface area contributed by atoms with Gasteiger partial charge < -0.3 is 24.8 Å². The zero-order chi connectivity index (χ0) is 22.7. The third-order valence-corrected chi connectivity index (χ3v) is 12.0. The van der Waals surface area contributed by atoms with Crippen LogP contribution in [0.25, 0.3) is 0 Å². The fraction of sp³-hybridized carbons (Fsp3) is 1.00. The highest BCUT2D eigenvalue weighted by Gasteiger charge is 2.70. The molecule has 0 unspecified atom stereocenters. The molecule has 182 valence electrons. The van der Waals surface area contributed by atoms with E-state index in [1.165, 1.54) is 19.3 Å². The monoisotopic (exact) mass is 448 g/mol. The van der Waals surface area contributed by atoms with Crippen LogP contribution in [-0.4, -0.2) is 51.6 Å². The van der Waals surface area contributed by atoms with Crippen LogP contribution >= 0.6 is 0 Å². The molecule has 0 bridgehead atoms. The lowest BCUT2D eigenvalue weighted by molar-refractivity contribution is -0.294. The van der Waals surface area contributed by atoms with Crippen LogP contribution in [0, 0.1) is 46.3 Å². The van der Waals surface area contributed by atoms with Crippen molar-refractivity contribution >= 4 is 0 Å². The van der Waals surface area contributed by atoms with Crippen molar-refractivity contribution in [2.45, 2.75) is 115 Å². The van der Waals surface area contributed by atoms with Crippen molar-refractivity contribution in [2.75, 3.05) is 6.61 Å². The standard InChI is InChI=1S/C27H44O5/c1-15-23-21(32-27(15)10-9-24(2,30)14-31-27)13-20-18-6-5-16-11-17(28)12-22(29)26(16,4)19(18)7-8-25(20,23)3/h15-23,28-30H,5-14H2,1-4H3/t15-,16+,17+,18+,19-,20-,21-,22+,23-,24-,25-,26-,27+/m0/s1. The summed E-state index contributed by atoms with van der Waals surface area (Å²) in [6.07, 6.45) is 8.39. The van der Waals surface area contributed by atoms with Crippen molar-refractivity contribution in [1.82, 2.24) is 0 Å². The van der Waals surface area contributed by atoms with Gasteiger partial charge >= 0.3 is 0 Å². The minimum atomic E-state index is -0.737. The van der Waals surface area contributed by atoms with Crippen LogP contribution in [0.2, 0.25) is 0 Å². The van der Waals surface area contributed by atoms with Crippen molar-refractivity contribution in [3.8, 4) is 0 Å². The van der Waals surface area contributed by atoms with Gasteiger partial charge in [-0.1, -0.05) is 20.8 Å². The summed E-state index contributed by atoms with van der Waals surface area (Å²) in [6.45, 7) is 9.46. The Morgan fingerprint density at radius 2 is 1.66 bits per heavy atom. The van der Waals surface area contributed by atoms with E-state index in [1.807, 2.05) is 6.92 Å². The summed E-state index contributed by atoms with van der Waals surface area (Å²) in [6, 6.07) is 0. The largest absolute Gasteiger partial charge is 0.393 e. The molecule has 13 atom stereocenters. The van der Waals surface area contributed by atoms with Crippen LogP contribution in [0.5, 0.6) is 0 Å². The summed E-state index contributed by atoms with van der Waals surface area (Å²) >= 11 is 0. The number of aliphatic hydroxyl groups is 3. The molecule has 0 aromatic carbocycles. The molecule has 4 saturated carbocycles. The molecule has 6 rings (SSSR count). The smallest absolute Gasteiger partial charge is 0.171 e. The molecule has 0 aromatic rings. The van der Waals surface area contributed by atoms with E-state index in [9.17, 15) is 15.3 Å². The van der Waals surface area contributed by atoms with E-state index in [2.05, 4.69) is 20.8 Å². The van der Waals surface area contributed by atoms with Crippen molar-refractivity contribution in [1.29, 1.82) is 0 Å². The van der Waals surface area contributed by atoms with Crippen LogP contribution in [0.1, 0.15) is 85.5 Å².